The molecule has 1 aromatic heterocycles. The van der Waals surface area contributed by atoms with Gasteiger partial charge in [-0.25, -0.2) is 4.98 Å². The second-order valence-electron chi connectivity index (χ2n) is 5.77. The van der Waals surface area contributed by atoms with Gasteiger partial charge in [0.1, 0.15) is 5.82 Å². The number of alkyl halides is 1. The van der Waals surface area contributed by atoms with Gasteiger partial charge in [0.25, 0.3) is 0 Å². The van der Waals surface area contributed by atoms with Crippen LogP contribution in [0.1, 0.15) is 49.0 Å². The van der Waals surface area contributed by atoms with E-state index in [-0.39, 0.29) is 5.38 Å². The highest BCUT2D eigenvalue weighted by atomic mass is 35.5. The molecule has 0 radical (unpaired) electrons. The largest absolute Gasteiger partial charge is 0.324 e. The van der Waals surface area contributed by atoms with Gasteiger partial charge in [-0.15, -0.1) is 11.6 Å². The topological polar surface area (TPSA) is 17.8 Å². The molecule has 2 aromatic rings. The van der Waals surface area contributed by atoms with Crippen LogP contribution >= 0.6 is 23.4 Å². The first kappa shape index (κ1) is 14.3. The molecular weight excluding hydrogens is 288 g/mol. The summed E-state index contributed by atoms with van der Waals surface area (Å²) >= 11 is 8.37. The second-order valence-corrected chi connectivity index (χ2v) is 7.57. The molecule has 0 bridgehead atoms. The number of fused-ring (bicyclic) bond motifs is 1. The minimum Gasteiger partial charge on any atom is -0.324 e. The van der Waals surface area contributed by atoms with E-state index in [9.17, 15) is 0 Å². The first-order valence-electron chi connectivity index (χ1n) is 7.25. The minimum atomic E-state index is -0.0453. The molecule has 1 saturated carbocycles. The maximum atomic E-state index is 6.38. The Morgan fingerprint density at radius 1 is 1.40 bits per heavy atom. The van der Waals surface area contributed by atoms with Crippen LogP contribution in [0.2, 0.25) is 0 Å². The number of nitrogens with zero attached hydrogens (tertiary/aromatic N) is 2. The van der Waals surface area contributed by atoms with E-state index >= 15 is 0 Å². The van der Waals surface area contributed by atoms with E-state index < -0.39 is 0 Å². The Morgan fingerprint density at radius 3 is 2.85 bits per heavy atom. The number of aryl methyl sites for hydroxylation is 1. The molecule has 1 heterocycles. The zero-order chi connectivity index (χ0) is 14.3. The summed E-state index contributed by atoms with van der Waals surface area (Å²) in [5.41, 5.74) is 3.58. The Bertz CT molecular complexity index is 620. The molecule has 0 aliphatic heterocycles. The third-order valence-corrected chi connectivity index (χ3v) is 5.57. The highest BCUT2D eigenvalue weighted by Crippen LogP contribution is 2.40. The summed E-state index contributed by atoms with van der Waals surface area (Å²) in [5.74, 6) is 1.03. The number of aromatic nitrogens is 2. The second kappa shape index (κ2) is 5.61. The quantitative estimate of drug-likeness (QED) is 0.734. The molecule has 2 nitrogen and oxygen atoms in total. The summed E-state index contributed by atoms with van der Waals surface area (Å²) in [5, 5.41) is 0.734. The Labute approximate surface area is 129 Å². The van der Waals surface area contributed by atoms with Crippen LogP contribution < -0.4 is 0 Å². The summed E-state index contributed by atoms with van der Waals surface area (Å²) in [7, 11) is 0. The first-order valence-corrected chi connectivity index (χ1v) is 8.98. The van der Waals surface area contributed by atoms with Crippen molar-refractivity contribution in [2.45, 2.75) is 49.8 Å². The van der Waals surface area contributed by atoms with E-state index in [1.54, 1.807) is 0 Å². The number of rotatable bonds is 3. The number of imidazole rings is 1. The zero-order valence-corrected chi connectivity index (χ0v) is 13.8. The van der Waals surface area contributed by atoms with Crippen LogP contribution in [0.25, 0.3) is 11.0 Å². The molecule has 4 heteroatoms. The number of benzene rings is 1. The lowest BCUT2D eigenvalue weighted by atomic mass is 10.2. The molecule has 1 aliphatic rings. The summed E-state index contributed by atoms with van der Waals surface area (Å²) in [6.45, 7) is 4.13. The van der Waals surface area contributed by atoms with Crippen molar-refractivity contribution in [1.82, 2.24) is 9.55 Å². The van der Waals surface area contributed by atoms with Gasteiger partial charge >= 0.3 is 0 Å². The lowest BCUT2D eigenvalue weighted by Crippen LogP contribution is -2.10. The third-order valence-electron chi connectivity index (χ3n) is 4.28. The molecule has 0 amide bonds. The number of halogens is 1. The molecule has 1 aliphatic carbocycles. The number of hydrogen-bond acceptors (Lipinski definition) is 2. The van der Waals surface area contributed by atoms with Crippen LogP contribution in [0.3, 0.4) is 0 Å². The highest BCUT2D eigenvalue weighted by Gasteiger charge is 2.29. The molecule has 108 valence electrons. The molecule has 0 N–H and O–H groups in total. The van der Waals surface area contributed by atoms with E-state index in [2.05, 4.69) is 35.9 Å². The van der Waals surface area contributed by atoms with E-state index in [4.69, 9.17) is 16.6 Å². The van der Waals surface area contributed by atoms with Crippen molar-refractivity contribution in [3.63, 3.8) is 0 Å². The van der Waals surface area contributed by atoms with Crippen molar-refractivity contribution in [2.24, 2.45) is 0 Å². The fraction of sp³-hybridized carbons (Fsp3) is 0.562. The average Bonchev–Trinajstić information content (AvgIpc) is 3.00. The minimum absolute atomic E-state index is 0.0453. The summed E-state index contributed by atoms with van der Waals surface area (Å²) < 4.78 is 2.41. The maximum Gasteiger partial charge on any atom is 0.127 e. The first-order chi connectivity index (χ1) is 9.60. The van der Waals surface area contributed by atoms with Gasteiger partial charge in [-0.05, 0) is 57.1 Å². The smallest absolute Gasteiger partial charge is 0.127 e. The summed E-state index contributed by atoms with van der Waals surface area (Å²) in [6.07, 6.45) is 5.99. The van der Waals surface area contributed by atoms with Gasteiger partial charge in [0.05, 0.1) is 16.4 Å². The van der Waals surface area contributed by atoms with Crippen LogP contribution in [0, 0.1) is 6.92 Å². The van der Waals surface area contributed by atoms with Crippen molar-refractivity contribution in [2.75, 3.05) is 6.26 Å². The fourth-order valence-corrected chi connectivity index (χ4v) is 4.20. The van der Waals surface area contributed by atoms with Gasteiger partial charge in [0.2, 0.25) is 0 Å². The normalized spacial score (nSPS) is 24.4. The van der Waals surface area contributed by atoms with Crippen molar-refractivity contribution < 1.29 is 0 Å². The number of hydrogen-bond donors (Lipinski definition) is 0. The Morgan fingerprint density at radius 2 is 2.20 bits per heavy atom. The Kier molecular flexibility index (Phi) is 4.00. The van der Waals surface area contributed by atoms with Crippen molar-refractivity contribution in [1.29, 1.82) is 0 Å². The van der Waals surface area contributed by atoms with Gasteiger partial charge in [0.15, 0.2) is 0 Å². The molecule has 0 saturated heterocycles. The molecule has 20 heavy (non-hydrogen) atoms. The SMILES string of the molecule is CSC1CCC(n2c(C(C)Cl)nc3cc(C)ccc32)C1. The molecular formula is C16H21ClN2S. The molecule has 0 spiro atoms. The van der Waals surface area contributed by atoms with Crippen LogP contribution in [-0.4, -0.2) is 21.1 Å². The van der Waals surface area contributed by atoms with Crippen LogP contribution in [0.5, 0.6) is 0 Å². The fourth-order valence-electron chi connectivity index (χ4n) is 3.26. The standard InChI is InChI=1S/C16H21ClN2S/c1-10-4-7-15-14(8-10)18-16(11(2)17)19(15)12-5-6-13(9-12)20-3/h4,7-8,11-13H,5-6,9H2,1-3H3. The van der Waals surface area contributed by atoms with Crippen molar-refractivity contribution in [3.8, 4) is 0 Å². The predicted octanol–water partition coefficient (Wildman–Crippen LogP) is 5.10. The van der Waals surface area contributed by atoms with Crippen LogP contribution in [-0.2, 0) is 0 Å². The molecule has 1 aromatic carbocycles. The summed E-state index contributed by atoms with van der Waals surface area (Å²) in [4.78, 5) is 4.79. The lowest BCUT2D eigenvalue weighted by molar-refractivity contribution is 0.511. The van der Waals surface area contributed by atoms with E-state index in [0.29, 0.717) is 6.04 Å². The Balaban J connectivity index is 2.10. The maximum absolute atomic E-state index is 6.38. The van der Waals surface area contributed by atoms with Crippen LogP contribution in [0.15, 0.2) is 18.2 Å². The van der Waals surface area contributed by atoms with Gasteiger partial charge in [0, 0.05) is 11.3 Å². The molecule has 3 unspecified atom stereocenters. The van der Waals surface area contributed by atoms with Crippen LogP contribution in [0.4, 0.5) is 0 Å². The van der Waals surface area contributed by atoms with E-state index in [1.165, 1.54) is 30.3 Å². The molecule has 1 fully saturated rings. The van der Waals surface area contributed by atoms with E-state index in [0.717, 1.165) is 16.6 Å². The average molecular weight is 309 g/mol. The van der Waals surface area contributed by atoms with Gasteiger partial charge < -0.3 is 4.57 Å². The lowest BCUT2D eigenvalue weighted by Gasteiger charge is -2.18. The van der Waals surface area contributed by atoms with Crippen molar-refractivity contribution in [3.05, 3.63) is 29.6 Å². The summed E-state index contributed by atoms with van der Waals surface area (Å²) in [6, 6.07) is 7.09. The number of thioether (sulfide) groups is 1. The van der Waals surface area contributed by atoms with Crippen molar-refractivity contribution >= 4 is 34.4 Å². The highest BCUT2D eigenvalue weighted by molar-refractivity contribution is 7.99. The molecule has 3 rings (SSSR count). The van der Waals surface area contributed by atoms with Gasteiger partial charge in [-0.3, -0.25) is 0 Å². The zero-order valence-electron chi connectivity index (χ0n) is 12.3. The monoisotopic (exact) mass is 308 g/mol. The van der Waals surface area contributed by atoms with E-state index in [1.807, 2.05) is 18.7 Å². The third kappa shape index (κ3) is 2.46. The molecule has 3 atom stereocenters. The Hall–Kier alpha value is -0.670. The van der Waals surface area contributed by atoms with Gasteiger partial charge in [-0.2, -0.15) is 11.8 Å². The van der Waals surface area contributed by atoms with Gasteiger partial charge in [-0.1, -0.05) is 6.07 Å². The predicted molar refractivity (Wildman–Crippen MR) is 88.9 cm³/mol.